The van der Waals surface area contributed by atoms with Crippen LogP contribution in [0.3, 0.4) is 0 Å². The number of nitrogens with zero attached hydrogens (tertiary/aromatic N) is 5. The lowest BCUT2D eigenvalue weighted by Gasteiger charge is -2.35. The Bertz CT molecular complexity index is 7120. The number of aromatic nitrogens is 4. The molecule has 28 nitrogen and oxygen atoms in total. The number of ether oxygens (including phenoxy) is 11. The van der Waals surface area contributed by atoms with Crippen LogP contribution in [-0.4, -0.2) is 199 Å². The monoisotopic (exact) mass is 2130 g/mol. The molecule has 34 heteroatoms. The first-order valence-electron chi connectivity index (χ1n) is 48.5. The molecule has 5 atom stereocenters. The number of aromatic amines is 4. The van der Waals surface area contributed by atoms with Gasteiger partial charge in [0.1, 0.15) is 73.6 Å². The van der Waals surface area contributed by atoms with Crippen molar-refractivity contribution in [2.24, 2.45) is 0 Å². The van der Waals surface area contributed by atoms with Crippen molar-refractivity contribution in [3.05, 3.63) is 357 Å². The molecule has 21 rings (SSSR count). The van der Waals surface area contributed by atoms with Gasteiger partial charge in [-0.25, -0.2) is 28.8 Å². The van der Waals surface area contributed by atoms with Gasteiger partial charge in [-0.05, 0) is 266 Å². The molecular weight excluding hydrogens is 2030 g/mol. The first kappa shape index (κ1) is 102. The maximum absolute atomic E-state index is 13.5. The predicted molar refractivity (Wildman–Crippen MR) is 567 cm³/mol. The molecule has 0 saturated carbocycles. The van der Waals surface area contributed by atoms with Gasteiger partial charge >= 0.3 is 36.6 Å². The standard InChI is InChI=1S/C32H32Cl2N4O4.C28H22Cl2N2O6.C28H27ClN2O4.C24H28BrN3O3/c1-2-41-31(39)37-16-13-24(14-17-37)35-23-8-3-20(4-9-23)30-29-26(27-19-22(34)7-12-28(27)36-29)15-18-38(30)32(40)42-25-10-5-21(33)6-11-25;29-17-3-8-20(9-4-17)37-27(33)32-12-11-22-23-13-18(30)5-10-24(23)31-25(22)26(32)16-1-6-19(7-2-16)35-14-21-15-36-28(34)38-21;1-33-15-16-34-22-10-7-20(8-11-22)27-26-23(24-17-21(29)9-12-25(24)30-26)13-14-31(27)28(32)35-18-19-5-3-2-4-6-19;1-3-31-24(29)28-12-10-19-20-14-18(25)8-9-21(20)27-22(19)23(28)17-6-4-16(5-7-17)15-26-11-13-30-2/h3-12,19,24,30,35-36H,2,13-18H2,1H3;1-10,13,21,26,31H,11-12,14-15H2;2-12,17,27,30H,13-16,18H2,1H3;4-9,14,23,26-27H,3,10-13,15H2,1-2H3. The van der Waals surface area contributed by atoms with Crippen LogP contribution in [0.5, 0.6) is 23.0 Å². The van der Waals surface area contributed by atoms with Crippen LogP contribution in [0.4, 0.5) is 34.5 Å². The maximum Gasteiger partial charge on any atom is 0.508 e. The second-order valence-corrected chi connectivity index (χ2v) is 38.9. The molecule has 5 amide bonds. The zero-order valence-corrected chi connectivity index (χ0v) is 86.0. The third-order valence-electron chi connectivity index (χ3n) is 26.6. The normalized spacial score (nSPS) is 16.8. The topological polar surface area (TPSA) is 307 Å². The molecule has 4 aromatic heterocycles. The number of methoxy groups -OCH3 is 2. The number of anilines is 1. The number of H-pyrrole nitrogens is 4. The molecule has 756 valence electrons. The number of nitrogens with one attached hydrogen (secondary N) is 6. The van der Waals surface area contributed by atoms with E-state index in [-0.39, 0.29) is 62.3 Å². The first-order valence-corrected chi connectivity index (χ1v) is 51.2. The van der Waals surface area contributed by atoms with Crippen LogP contribution >= 0.6 is 73.9 Å². The summed E-state index contributed by atoms with van der Waals surface area (Å²) >= 11 is 34.5. The highest BCUT2D eigenvalue weighted by Crippen LogP contribution is 2.46. The van der Waals surface area contributed by atoms with Crippen LogP contribution in [0.1, 0.15) is 129 Å². The summed E-state index contributed by atoms with van der Waals surface area (Å²) in [7, 11) is 3.35. The van der Waals surface area contributed by atoms with Crippen molar-refractivity contribution < 1.29 is 80.9 Å². The number of carbonyl (C=O) groups is 6. The molecule has 2 fully saturated rings. The SMILES string of the molecule is CCOC(=O)N1CCC(Nc2ccc(C3c4[nH]c5ccc(Cl)cc5c4CCN3C(=O)Oc3ccc(Cl)cc3)cc2)CC1.CCOC(=O)N1CCc2c([nH]c3ccc(Br)cc23)C1c1ccc(CNCCOC)cc1.COCCOc1ccc(C2c3[nH]c4ccc(Cl)cc4c3CCN2C(=O)OCc2ccccc2)cc1.O=C1OCC(COc2ccc(C3c4[nH]c5ccc(Cl)cc5c4CCN3C(=O)Oc3ccc(Cl)cc3)cc2)O1. The van der Waals surface area contributed by atoms with Gasteiger partial charge < -0.3 is 87.6 Å². The van der Waals surface area contributed by atoms with E-state index >= 15 is 0 Å². The van der Waals surface area contributed by atoms with Gasteiger partial charge in [-0.3, -0.25) is 19.6 Å². The van der Waals surface area contributed by atoms with Crippen molar-refractivity contribution in [1.29, 1.82) is 0 Å². The molecule has 5 unspecified atom stereocenters. The van der Waals surface area contributed by atoms with E-state index in [9.17, 15) is 28.8 Å². The highest BCUT2D eigenvalue weighted by Gasteiger charge is 2.42. The number of fused-ring (bicyclic) bond motifs is 12. The molecule has 2 saturated heterocycles. The van der Waals surface area contributed by atoms with Gasteiger partial charge in [-0.1, -0.05) is 165 Å². The highest BCUT2D eigenvalue weighted by atomic mass is 79.9. The molecule has 6 aliphatic rings. The summed E-state index contributed by atoms with van der Waals surface area (Å²) in [5.74, 6) is 2.20. The van der Waals surface area contributed by atoms with Crippen LogP contribution in [0.15, 0.2) is 253 Å². The van der Waals surface area contributed by atoms with Gasteiger partial charge in [-0.2, -0.15) is 0 Å². The number of cyclic esters (lactones) is 2. The van der Waals surface area contributed by atoms with Gasteiger partial charge in [-0.15, -0.1) is 0 Å². The Morgan fingerprint density at radius 3 is 1.25 bits per heavy atom. The van der Waals surface area contributed by atoms with Crippen LogP contribution in [-0.2, 0) is 72.0 Å². The van der Waals surface area contributed by atoms with E-state index in [1.165, 1.54) is 22.1 Å². The number of rotatable bonds is 24. The fourth-order valence-electron chi connectivity index (χ4n) is 19.6. The maximum atomic E-state index is 13.5. The molecule has 146 heavy (non-hydrogen) atoms. The van der Waals surface area contributed by atoms with Gasteiger partial charge in [0.05, 0.1) is 26.4 Å². The second kappa shape index (κ2) is 47.7. The molecule has 6 N–H and O–H groups in total. The molecular formula is C112H109BrCl5N11O17. The minimum Gasteiger partial charge on any atom is -0.491 e. The lowest BCUT2D eigenvalue weighted by atomic mass is 9.92. The van der Waals surface area contributed by atoms with E-state index in [0.29, 0.717) is 134 Å². The quantitative estimate of drug-likeness (QED) is 0.0186. The number of benzene rings is 11. The van der Waals surface area contributed by atoms with Crippen molar-refractivity contribution in [3.8, 4) is 23.0 Å². The summed E-state index contributed by atoms with van der Waals surface area (Å²) in [4.78, 5) is 99.3. The molecule has 0 spiro atoms. The van der Waals surface area contributed by atoms with E-state index in [1.807, 2.05) is 170 Å². The number of carbonyl (C=O) groups excluding carboxylic acids is 6. The first-order chi connectivity index (χ1) is 71.1. The summed E-state index contributed by atoms with van der Waals surface area (Å²) in [5.41, 5.74) is 19.7. The van der Waals surface area contributed by atoms with Crippen molar-refractivity contribution in [2.75, 3.05) is 112 Å². The van der Waals surface area contributed by atoms with Crippen LogP contribution in [0.2, 0.25) is 25.1 Å². The highest BCUT2D eigenvalue weighted by molar-refractivity contribution is 9.10. The van der Waals surface area contributed by atoms with Crippen molar-refractivity contribution in [3.63, 3.8) is 0 Å². The summed E-state index contributed by atoms with van der Waals surface area (Å²) in [6.07, 6.45) is 1.61. The third-order valence-corrected chi connectivity index (χ3v) is 28.3. The van der Waals surface area contributed by atoms with Crippen LogP contribution in [0, 0.1) is 0 Å². The summed E-state index contributed by atoms with van der Waals surface area (Å²) < 4.78 is 60.2. The number of hydrogen-bond acceptors (Lipinski definition) is 19. The molecule has 15 aromatic rings. The molecule has 6 aliphatic heterocycles. The van der Waals surface area contributed by atoms with Crippen LogP contribution in [0.25, 0.3) is 43.6 Å². The fraction of sp³-hybridized carbons (Fsp3) is 0.286. The fourth-order valence-corrected chi connectivity index (χ4v) is 20.7. The largest absolute Gasteiger partial charge is 0.508 e. The zero-order valence-electron chi connectivity index (χ0n) is 80.6. The smallest absolute Gasteiger partial charge is 0.491 e. The average molecular weight is 2140 g/mol. The van der Waals surface area contributed by atoms with Crippen LogP contribution < -0.4 is 29.6 Å². The Labute approximate surface area is 877 Å². The predicted octanol–water partition coefficient (Wildman–Crippen LogP) is 25.1. The molecule has 11 aromatic carbocycles. The second-order valence-electron chi connectivity index (χ2n) is 35.8. The number of hydrogen-bond donors (Lipinski definition) is 6. The van der Waals surface area contributed by atoms with Crippen molar-refractivity contribution in [1.82, 2.24) is 49.8 Å². The van der Waals surface area contributed by atoms with Gasteiger partial charge in [0.15, 0.2) is 6.10 Å². The summed E-state index contributed by atoms with van der Waals surface area (Å²) in [6, 6.07) is 77.7. The Morgan fingerprint density at radius 1 is 0.411 bits per heavy atom. The minimum absolute atomic E-state index is 0.164. The number of halogens is 6. The van der Waals surface area contributed by atoms with Crippen molar-refractivity contribution in [2.45, 2.75) is 102 Å². The van der Waals surface area contributed by atoms with Gasteiger partial charge in [0, 0.05) is 174 Å². The molecule has 0 bridgehead atoms. The third kappa shape index (κ3) is 24.2. The zero-order chi connectivity index (χ0) is 101. The summed E-state index contributed by atoms with van der Waals surface area (Å²) in [5, 5.41) is 14.5. The summed E-state index contributed by atoms with van der Waals surface area (Å²) in [6.45, 7) is 11.7. The Morgan fingerprint density at radius 2 is 0.808 bits per heavy atom. The van der Waals surface area contributed by atoms with E-state index in [1.54, 1.807) is 82.4 Å². The van der Waals surface area contributed by atoms with E-state index in [2.05, 4.69) is 95.0 Å². The van der Waals surface area contributed by atoms with E-state index < -0.39 is 30.5 Å². The Balaban J connectivity index is 0.000000128. The number of amides is 5. The lowest BCUT2D eigenvalue weighted by Crippen LogP contribution is -2.42. The van der Waals surface area contributed by atoms with E-state index in [4.69, 9.17) is 110 Å². The lowest BCUT2D eigenvalue weighted by molar-refractivity contribution is 0.0830. The minimum atomic E-state index is -0.688. The van der Waals surface area contributed by atoms with Gasteiger partial charge in [0.2, 0.25) is 0 Å². The number of likely N-dealkylation sites (tertiary alicyclic amines) is 1. The molecule has 0 aliphatic carbocycles. The molecule has 0 radical (unpaired) electrons. The molecule has 10 heterocycles. The van der Waals surface area contributed by atoms with E-state index in [0.717, 1.165) is 148 Å². The average Bonchev–Trinajstić information content (AvgIpc) is 1.61. The Hall–Kier alpha value is -13.6. The Kier molecular flexibility index (Phi) is 33.5. The number of piperidine rings is 1. The van der Waals surface area contributed by atoms with Gasteiger partial charge in [0.25, 0.3) is 0 Å². The van der Waals surface area contributed by atoms with Crippen molar-refractivity contribution >= 4 is 160 Å².